The molecule has 2 rings (SSSR count). The molecule has 1 aliphatic heterocycles. The molecular formula is C18H22O2Si. The summed E-state index contributed by atoms with van der Waals surface area (Å²) in [7, 11) is -1.39. The van der Waals surface area contributed by atoms with E-state index < -0.39 is 13.5 Å². The molecule has 1 unspecified atom stereocenters. The smallest absolute Gasteiger partial charge is 0.317 e. The van der Waals surface area contributed by atoms with E-state index in [2.05, 4.69) is 31.1 Å². The van der Waals surface area contributed by atoms with Crippen LogP contribution in [0.4, 0.5) is 0 Å². The minimum absolute atomic E-state index is 0.146. The molecule has 0 radical (unpaired) electrons. The number of carbonyl (C=O) groups is 1. The van der Waals surface area contributed by atoms with Gasteiger partial charge in [0, 0.05) is 12.5 Å². The summed E-state index contributed by atoms with van der Waals surface area (Å²) >= 11 is 0. The van der Waals surface area contributed by atoms with Crippen LogP contribution in [0.1, 0.15) is 18.9 Å². The van der Waals surface area contributed by atoms with E-state index in [4.69, 9.17) is 4.74 Å². The van der Waals surface area contributed by atoms with Gasteiger partial charge in [-0.15, -0.1) is 5.54 Å². The molecule has 0 N–H and O–H groups in total. The van der Waals surface area contributed by atoms with Crippen molar-refractivity contribution in [2.24, 2.45) is 5.41 Å². The van der Waals surface area contributed by atoms with Gasteiger partial charge >= 0.3 is 5.97 Å². The Labute approximate surface area is 128 Å². The average molecular weight is 298 g/mol. The fourth-order valence-electron chi connectivity index (χ4n) is 2.33. The monoisotopic (exact) mass is 298 g/mol. The highest BCUT2D eigenvalue weighted by Gasteiger charge is 2.42. The first-order valence-corrected chi connectivity index (χ1v) is 10.8. The van der Waals surface area contributed by atoms with Gasteiger partial charge in [-0.1, -0.05) is 55.9 Å². The number of hydrogen-bond acceptors (Lipinski definition) is 2. The molecule has 0 amide bonds. The maximum atomic E-state index is 12.2. The largest absolute Gasteiger partial charge is 0.430 e. The lowest BCUT2D eigenvalue weighted by atomic mass is 9.82. The molecule has 1 atom stereocenters. The quantitative estimate of drug-likeness (QED) is 0.469. The van der Waals surface area contributed by atoms with Gasteiger partial charge in [-0.05, 0) is 18.9 Å². The van der Waals surface area contributed by atoms with Crippen LogP contribution in [0.15, 0.2) is 42.2 Å². The zero-order valence-electron chi connectivity index (χ0n) is 13.2. The summed E-state index contributed by atoms with van der Waals surface area (Å²) < 4.78 is 5.40. The SMILES string of the molecule is CC1(Cc2ccccc2)C/C(=C\C#C[Si](C)(C)C)OC1=O. The fourth-order valence-corrected chi connectivity index (χ4v) is 2.83. The second kappa shape index (κ2) is 5.91. The van der Waals surface area contributed by atoms with Gasteiger partial charge in [-0.2, -0.15) is 0 Å². The minimum atomic E-state index is -1.39. The Hall–Kier alpha value is -1.79. The van der Waals surface area contributed by atoms with Gasteiger partial charge in [-0.25, -0.2) is 0 Å². The summed E-state index contributed by atoms with van der Waals surface area (Å²) in [4.78, 5) is 12.2. The Kier molecular flexibility index (Phi) is 4.39. The van der Waals surface area contributed by atoms with Crippen molar-refractivity contribution in [3.8, 4) is 11.5 Å². The van der Waals surface area contributed by atoms with Crippen LogP contribution in [0.25, 0.3) is 0 Å². The van der Waals surface area contributed by atoms with E-state index in [1.165, 1.54) is 0 Å². The van der Waals surface area contributed by atoms with Gasteiger partial charge in [0.1, 0.15) is 13.8 Å². The maximum Gasteiger partial charge on any atom is 0.317 e. The van der Waals surface area contributed by atoms with Gasteiger partial charge in [0.2, 0.25) is 0 Å². The maximum absolute atomic E-state index is 12.2. The first-order chi connectivity index (χ1) is 9.78. The van der Waals surface area contributed by atoms with Crippen molar-refractivity contribution in [1.29, 1.82) is 0 Å². The average Bonchev–Trinajstić information content (AvgIpc) is 2.64. The van der Waals surface area contributed by atoms with Crippen LogP contribution >= 0.6 is 0 Å². The Balaban J connectivity index is 2.11. The molecular weight excluding hydrogens is 276 g/mol. The topological polar surface area (TPSA) is 26.3 Å². The second-order valence-corrected chi connectivity index (χ2v) is 11.7. The Morgan fingerprint density at radius 3 is 2.57 bits per heavy atom. The number of allylic oxidation sites excluding steroid dienone is 2. The fraction of sp³-hybridized carbons (Fsp3) is 0.389. The molecule has 0 aliphatic carbocycles. The van der Waals surface area contributed by atoms with Crippen molar-refractivity contribution in [2.45, 2.75) is 39.4 Å². The first-order valence-electron chi connectivity index (χ1n) is 7.26. The molecule has 21 heavy (non-hydrogen) atoms. The van der Waals surface area contributed by atoms with Gasteiger partial charge in [0.15, 0.2) is 0 Å². The molecule has 2 nitrogen and oxygen atoms in total. The van der Waals surface area contributed by atoms with E-state index in [1.54, 1.807) is 6.08 Å². The molecule has 110 valence electrons. The van der Waals surface area contributed by atoms with Crippen LogP contribution in [0.2, 0.25) is 19.6 Å². The van der Waals surface area contributed by atoms with Crippen molar-refractivity contribution >= 4 is 14.0 Å². The normalized spacial score (nSPS) is 23.6. The van der Waals surface area contributed by atoms with E-state index in [-0.39, 0.29) is 5.97 Å². The number of esters is 1. The summed E-state index contributed by atoms with van der Waals surface area (Å²) in [6.07, 6.45) is 3.10. The minimum Gasteiger partial charge on any atom is -0.430 e. The second-order valence-electron chi connectivity index (χ2n) is 6.92. The number of ether oxygens (including phenoxy) is 1. The van der Waals surface area contributed by atoms with Crippen LogP contribution in [-0.4, -0.2) is 14.0 Å². The zero-order chi connectivity index (χ0) is 15.5. The van der Waals surface area contributed by atoms with Crippen molar-refractivity contribution in [1.82, 2.24) is 0 Å². The number of carbonyl (C=O) groups excluding carboxylic acids is 1. The Morgan fingerprint density at radius 1 is 1.29 bits per heavy atom. The molecule has 1 saturated heterocycles. The summed E-state index contributed by atoms with van der Waals surface area (Å²) in [5.41, 5.74) is 3.94. The summed E-state index contributed by atoms with van der Waals surface area (Å²) in [6.45, 7) is 8.55. The van der Waals surface area contributed by atoms with E-state index >= 15 is 0 Å². The van der Waals surface area contributed by atoms with E-state index in [9.17, 15) is 4.79 Å². The van der Waals surface area contributed by atoms with Crippen LogP contribution in [0.5, 0.6) is 0 Å². The third-order valence-corrected chi connectivity index (χ3v) is 4.29. The van der Waals surface area contributed by atoms with Crippen LogP contribution < -0.4 is 0 Å². The summed E-state index contributed by atoms with van der Waals surface area (Å²) in [5.74, 6) is 3.61. The third kappa shape index (κ3) is 4.34. The van der Waals surface area contributed by atoms with E-state index in [0.717, 1.165) is 5.56 Å². The number of hydrogen-bond donors (Lipinski definition) is 0. The van der Waals surface area contributed by atoms with Gasteiger partial charge < -0.3 is 4.74 Å². The van der Waals surface area contributed by atoms with Crippen molar-refractivity contribution in [3.05, 3.63) is 47.7 Å². The highest BCUT2D eigenvalue weighted by molar-refractivity contribution is 6.83. The molecule has 1 heterocycles. The van der Waals surface area contributed by atoms with Gasteiger partial charge in [-0.3, -0.25) is 4.79 Å². The van der Waals surface area contributed by atoms with Crippen molar-refractivity contribution in [2.75, 3.05) is 0 Å². The predicted octanol–water partition coefficient (Wildman–Crippen LogP) is 3.95. The molecule has 0 spiro atoms. The standard InChI is InChI=1S/C18H22O2Si/c1-18(13-15-9-6-5-7-10-15)14-16(20-17(18)19)11-8-12-21(2,3)4/h5-7,9-11H,13-14H2,1-4H3/b16-11+. The lowest BCUT2D eigenvalue weighted by Gasteiger charge is -2.17. The molecule has 1 aliphatic rings. The van der Waals surface area contributed by atoms with Crippen molar-refractivity contribution < 1.29 is 9.53 Å². The molecule has 1 fully saturated rings. The number of cyclic esters (lactones) is 1. The number of rotatable bonds is 2. The molecule has 0 aromatic heterocycles. The van der Waals surface area contributed by atoms with Crippen LogP contribution in [0, 0.1) is 16.9 Å². The Bertz CT molecular complexity index is 614. The van der Waals surface area contributed by atoms with Crippen LogP contribution in [-0.2, 0) is 16.0 Å². The highest BCUT2D eigenvalue weighted by Crippen LogP contribution is 2.38. The predicted molar refractivity (Wildman–Crippen MR) is 88.2 cm³/mol. The molecule has 0 saturated carbocycles. The zero-order valence-corrected chi connectivity index (χ0v) is 14.2. The Morgan fingerprint density at radius 2 is 1.95 bits per heavy atom. The number of benzene rings is 1. The molecule has 1 aromatic carbocycles. The summed E-state index contributed by atoms with van der Waals surface area (Å²) in [5, 5.41) is 0. The first kappa shape index (κ1) is 15.6. The van der Waals surface area contributed by atoms with Gasteiger partial charge in [0.05, 0.1) is 5.41 Å². The van der Waals surface area contributed by atoms with E-state index in [0.29, 0.717) is 18.6 Å². The lowest BCUT2D eigenvalue weighted by Crippen LogP contribution is -2.24. The van der Waals surface area contributed by atoms with Gasteiger partial charge in [0.25, 0.3) is 0 Å². The summed E-state index contributed by atoms with van der Waals surface area (Å²) in [6, 6.07) is 10.1. The van der Waals surface area contributed by atoms with E-state index in [1.807, 2.05) is 37.3 Å². The van der Waals surface area contributed by atoms with Crippen molar-refractivity contribution in [3.63, 3.8) is 0 Å². The molecule has 3 heteroatoms. The lowest BCUT2D eigenvalue weighted by molar-refractivity contribution is -0.143. The highest BCUT2D eigenvalue weighted by atomic mass is 28.3. The molecule has 1 aromatic rings. The molecule has 0 bridgehead atoms. The van der Waals surface area contributed by atoms with Crippen LogP contribution in [0.3, 0.4) is 0 Å². The third-order valence-electron chi connectivity index (χ3n) is 3.40.